The molecule has 0 aliphatic heterocycles. The van der Waals surface area contributed by atoms with Crippen LogP contribution in [-0.2, 0) is 4.79 Å². The van der Waals surface area contributed by atoms with Gasteiger partial charge in [-0.1, -0.05) is 18.9 Å². The molecule has 0 aromatic heterocycles. The van der Waals surface area contributed by atoms with Crippen LogP contribution in [0.5, 0.6) is 5.75 Å². The molecule has 0 saturated heterocycles. The van der Waals surface area contributed by atoms with Crippen LogP contribution in [0.25, 0.3) is 0 Å². The predicted octanol–water partition coefficient (Wildman–Crippen LogP) is 1.88. The summed E-state index contributed by atoms with van der Waals surface area (Å²) < 4.78 is 5.55. The van der Waals surface area contributed by atoms with Gasteiger partial charge in [-0.05, 0) is 37.9 Å². The van der Waals surface area contributed by atoms with Crippen molar-refractivity contribution in [1.29, 1.82) is 0 Å². The van der Waals surface area contributed by atoms with E-state index in [4.69, 9.17) is 10.5 Å². The number of hydrogen-bond acceptors (Lipinski definition) is 4. The third-order valence-electron chi connectivity index (χ3n) is 3.63. The summed E-state index contributed by atoms with van der Waals surface area (Å²) in [6.45, 7) is 1.58. The Morgan fingerprint density at radius 1 is 1.33 bits per heavy atom. The van der Waals surface area contributed by atoms with Crippen molar-refractivity contribution < 1.29 is 9.53 Å². The number of rotatable bonds is 8. The minimum atomic E-state index is -0.0385. The Kier molecular flexibility index (Phi) is 6.34. The molecule has 1 fully saturated rings. The van der Waals surface area contributed by atoms with Crippen molar-refractivity contribution in [3.8, 4) is 5.75 Å². The van der Waals surface area contributed by atoms with E-state index in [0.717, 1.165) is 31.5 Å². The van der Waals surface area contributed by atoms with Crippen molar-refractivity contribution in [1.82, 2.24) is 5.32 Å². The van der Waals surface area contributed by atoms with E-state index in [1.54, 1.807) is 0 Å². The summed E-state index contributed by atoms with van der Waals surface area (Å²) in [5.41, 5.74) is 6.44. The van der Waals surface area contributed by atoms with Crippen LogP contribution >= 0.6 is 0 Å². The van der Waals surface area contributed by atoms with Gasteiger partial charge in [0.2, 0.25) is 0 Å². The van der Waals surface area contributed by atoms with Gasteiger partial charge >= 0.3 is 0 Å². The normalized spacial score (nSPS) is 14.9. The Morgan fingerprint density at radius 2 is 2.14 bits per heavy atom. The molecule has 4 N–H and O–H groups in total. The minimum absolute atomic E-state index is 0.0385. The van der Waals surface area contributed by atoms with Gasteiger partial charge < -0.3 is 21.1 Å². The maximum absolute atomic E-state index is 11.8. The summed E-state index contributed by atoms with van der Waals surface area (Å²) in [5.74, 6) is 0.665. The summed E-state index contributed by atoms with van der Waals surface area (Å²) in [4.78, 5) is 11.8. The Labute approximate surface area is 126 Å². The fourth-order valence-electron chi connectivity index (χ4n) is 2.52. The molecule has 0 radical (unpaired) electrons. The molecule has 0 spiro atoms. The molecule has 1 aliphatic carbocycles. The summed E-state index contributed by atoms with van der Waals surface area (Å²) in [7, 11) is 0. The molecule has 1 aliphatic rings. The summed E-state index contributed by atoms with van der Waals surface area (Å²) >= 11 is 0. The molecule has 21 heavy (non-hydrogen) atoms. The number of carbonyl (C=O) groups is 1. The zero-order valence-corrected chi connectivity index (χ0v) is 12.4. The summed E-state index contributed by atoms with van der Waals surface area (Å²) in [5, 5.41) is 6.28. The lowest BCUT2D eigenvalue weighted by Gasteiger charge is -2.13. The molecule has 1 saturated carbocycles. The molecule has 0 unspecified atom stereocenters. The minimum Gasteiger partial charge on any atom is -0.484 e. The largest absolute Gasteiger partial charge is 0.484 e. The number of hydrogen-bond donors (Lipinski definition) is 3. The Hall–Kier alpha value is -1.75. The first-order valence-corrected chi connectivity index (χ1v) is 7.74. The third kappa shape index (κ3) is 5.63. The highest BCUT2D eigenvalue weighted by Gasteiger charge is 2.17. The monoisotopic (exact) mass is 291 g/mol. The van der Waals surface area contributed by atoms with Crippen LogP contribution in [0.4, 0.5) is 5.69 Å². The average molecular weight is 291 g/mol. The number of benzene rings is 1. The second kappa shape index (κ2) is 8.52. The van der Waals surface area contributed by atoms with E-state index in [2.05, 4.69) is 10.6 Å². The lowest BCUT2D eigenvalue weighted by Crippen LogP contribution is -2.36. The smallest absolute Gasteiger partial charge is 0.258 e. The fraction of sp³-hybridized carbons (Fsp3) is 0.562. The Balaban J connectivity index is 1.74. The van der Waals surface area contributed by atoms with E-state index in [1.807, 2.05) is 24.3 Å². The molecule has 0 atom stereocenters. The van der Waals surface area contributed by atoms with Gasteiger partial charge in [0, 0.05) is 24.3 Å². The van der Waals surface area contributed by atoms with Gasteiger partial charge in [0.1, 0.15) is 5.75 Å². The van der Waals surface area contributed by atoms with E-state index < -0.39 is 0 Å². The zero-order chi connectivity index (χ0) is 14.9. The molecule has 116 valence electrons. The van der Waals surface area contributed by atoms with E-state index in [1.165, 1.54) is 12.8 Å². The average Bonchev–Trinajstić information content (AvgIpc) is 2.99. The summed E-state index contributed by atoms with van der Waals surface area (Å²) in [6, 6.07) is 7.98. The van der Waals surface area contributed by atoms with E-state index in [9.17, 15) is 4.79 Å². The number of nitrogens with one attached hydrogen (secondary N) is 2. The molecule has 1 amide bonds. The van der Waals surface area contributed by atoms with Crippen LogP contribution in [-0.4, -0.2) is 31.6 Å². The van der Waals surface area contributed by atoms with Gasteiger partial charge in [-0.3, -0.25) is 4.79 Å². The molecule has 0 bridgehead atoms. The van der Waals surface area contributed by atoms with Crippen molar-refractivity contribution >= 4 is 11.6 Å². The number of amides is 1. The van der Waals surface area contributed by atoms with E-state index in [-0.39, 0.29) is 12.5 Å². The quantitative estimate of drug-likeness (QED) is 0.639. The maximum Gasteiger partial charge on any atom is 0.258 e. The van der Waals surface area contributed by atoms with Crippen molar-refractivity contribution in [3.63, 3.8) is 0 Å². The molecule has 1 aromatic carbocycles. The predicted molar refractivity (Wildman–Crippen MR) is 84.5 cm³/mol. The zero-order valence-electron chi connectivity index (χ0n) is 12.4. The maximum atomic E-state index is 11.8. The molecule has 1 aromatic rings. The highest BCUT2D eigenvalue weighted by Crippen LogP contribution is 2.18. The van der Waals surface area contributed by atoms with Crippen LogP contribution in [0.1, 0.15) is 32.1 Å². The first-order chi connectivity index (χ1) is 10.3. The van der Waals surface area contributed by atoms with Crippen LogP contribution in [0, 0.1) is 0 Å². The lowest BCUT2D eigenvalue weighted by molar-refractivity contribution is -0.123. The first kappa shape index (κ1) is 15.6. The van der Waals surface area contributed by atoms with E-state index in [0.29, 0.717) is 18.3 Å². The van der Waals surface area contributed by atoms with Crippen LogP contribution in [0.3, 0.4) is 0 Å². The topological polar surface area (TPSA) is 76.4 Å². The highest BCUT2D eigenvalue weighted by molar-refractivity contribution is 5.77. The van der Waals surface area contributed by atoms with Gasteiger partial charge in [0.05, 0.1) is 0 Å². The molecular weight excluding hydrogens is 266 g/mol. The van der Waals surface area contributed by atoms with Crippen molar-refractivity contribution in [2.24, 2.45) is 5.73 Å². The second-order valence-corrected chi connectivity index (χ2v) is 5.43. The first-order valence-electron chi connectivity index (χ1n) is 7.74. The van der Waals surface area contributed by atoms with Gasteiger partial charge in [-0.25, -0.2) is 0 Å². The number of carbonyl (C=O) groups excluding carboxylic acids is 1. The van der Waals surface area contributed by atoms with E-state index >= 15 is 0 Å². The lowest BCUT2D eigenvalue weighted by atomic mass is 10.2. The molecule has 5 nitrogen and oxygen atoms in total. The number of nitrogens with two attached hydrogens (primary N) is 1. The molecule has 5 heteroatoms. The van der Waals surface area contributed by atoms with Crippen molar-refractivity contribution in [2.75, 3.05) is 25.0 Å². The summed E-state index contributed by atoms with van der Waals surface area (Å²) in [6.07, 6.45) is 5.53. The van der Waals surface area contributed by atoms with Gasteiger partial charge in [0.15, 0.2) is 6.61 Å². The fourth-order valence-corrected chi connectivity index (χ4v) is 2.52. The highest BCUT2D eigenvalue weighted by atomic mass is 16.5. The molecular formula is C16H25N3O2. The Morgan fingerprint density at radius 3 is 2.90 bits per heavy atom. The van der Waals surface area contributed by atoms with Crippen LogP contribution < -0.4 is 21.1 Å². The molecule has 2 rings (SSSR count). The SMILES string of the molecule is NCCCNc1cccc(OCC(=O)NC2CCCC2)c1. The molecule has 0 heterocycles. The van der Waals surface area contributed by atoms with Crippen LogP contribution in [0.15, 0.2) is 24.3 Å². The van der Waals surface area contributed by atoms with Crippen LogP contribution in [0.2, 0.25) is 0 Å². The number of ether oxygens (including phenoxy) is 1. The third-order valence-corrected chi connectivity index (χ3v) is 3.63. The standard InChI is InChI=1S/C16H25N3O2/c17-9-4-10-18-14-7-3-8-15(11-14)21-12-16(20)19-13-5-1-2-6-13/h3,7-8,11,13,18H,1-2,4-6,9-10,12,17H2,(H,19,20). The van der Waals surface area contributed by atoms with Gasteiger partial charge in [-0.2, -0.15) is 0 Å². The second-order valence-electron chi connectivity index (χ2n) is 5.43. The van der Waals surface area contributed by atoms with Crippen molar-refractivity contribution in [2.45, 2.75) is 38.1 Å². The Bertz CT molecular complexity index is 445. The number of anilines is 1. The van der Waals surface area contributed by atoms with Gasteiger partial charge in [-0.15, -0.1) is 0 Å². The van der Waals surface area contributed by atoms with Crippen molar-refractivity contribution in [3.05, 3.63) is 24.3 Å². The van der Waals surface area contributed by atoms with Gasteiger partial charge in [0.25, 0.3) is 5.91 Å².